The summed E-state index contributed by atoms with van der Waals surface area (Å²) in [5.74, 6) is 7.01. The molecule has 136 valence electrons. The largest absolute Gasteiger partial charge is 0.496 e. The van der Waals surface area contributed by atoms with E-state index in [4.69, 9.17) is 24.5 Å². The predicted octanol–water partition coefficient (Wildman–Crippen LogP) is 2.75. The Morgan fingerprint density at radius 1 is 0.962 bits per heavy atom. The third-order valence-electron chi connectivity index (χ3n) is 3.83. The first-order chi connectivity index (χ1) is 12.7. The van der Waals surface area contributed by atoms with E-state index in [2.05, 4.69) is 4.84 Å². The molecule has 0 amide bonds. The zero-order valence-corrected chi connectivity index (χ0v) is 14.5. The zero-order chi connectivity index (χ0) is 18.5. The molecule has 0 saturated carbocycles. The highest BCUT2D eigenvalue weighted by atomic mass is 16.6. The minimum absolute atomic E-state index is 0.193. The summed E-state index contributed by atoms with van der Waals surface area (Å²) in [6, 6.07) is 11.9. The minimum Gasteiger partial charge on any atom is -0.496 e. The van der Waals surface area contributed by atoms with Crippen molar-refractivity contribution in [2.75, 3.05) is 27.4 Å². The van der Waals surface area contributed by atoms with Gasteiger partial charge in [0.2, 0.25) is 0 Å². The van der Waals surface area contributed by atoms with Crippen LogP contribution in [0.25, 0.3) is 22.3 Å². The van der Waals surface area contributed by atoms with Crippen LogP contribution in [0.15, 0.2) is 51.7 Å². The third-order valence-corrected chi connectivity index (χ3v) is 3.83. The number of fused-ring (bicyclic) bond motifs is 1. The number of hydrogen-bond acceptors (Lipinski definition) is 7. The van der Waals surface area contributed by atoms with E-state index in [-0.39, 0.29) is 5.43 Å². The van der Waals surface area contributed by atoms with E-state index in [9.17, 15) is 4.79 Å². The number of methoxy groups -OCH3 is 2. The molecule has 0 aliphatic rings. The van der Waals surface area contributed by atoms with Crippen LogP contribution in [0.1, 0.15) is 0 Å². The average Bonchev–Trinajstić information content (AvgIpc) is 2.67. The summed E-state index contributed by atoms with van der Waals surface area (Å²) in [4.78, 5) is 17.0. The molecule has 1 heterocycles. The van der Waals surface area contributed by atoms with Gasteiger partial charge in [-0.3, -0.25) is 4.79 Å². The first-order valence-electron chi connectivity index (χ1n) is 7.91. The van der Waals surface area contributed by atoms with Gasteiger partial charge < -0.3 is 23.5 Å². The molecule has 0 bridgehead atoms. The van der Waals surface area contributed by atoms with Gasteiger partial charge in [-0.1, -0.05) is 0 Å². The standard InChI is InChI=1S/C19H19NO6/c1-22-14-9-17(23-2)19-15(21)11-16(26-18(19)10-14)12-3-5-13(6-4-12)24-7-8-25-20/h3-6,9-11H,7-8,20H2,1-2H3. The van der Waals surface area contributed by atoms with E-state index in [0.717, 1.165) is 5.56 Å². The maximum absolute atomic E-state index is 12.6. The molecule has 0 saturated heterocycles. The molecule has 0 fully saturated rings. The molecule has 0 atom stereocenters. The highest BCUT2D eigenvalue weighted by Gasteiger charge is 2.13. The van der Waals surface area contributed by atoms with Gasteiger partial charge >= 0.3 is 0 Å². The summed E-state index contributed by atoms with van der Waals surface area (Å²) in [7, 11) is 3.03. The van der Waals surface area contributed by atoms with E-state index in [1.165, 1.54) is 20.3 Å². The van der Waals surface area contributed by atoms with E-state index in [1.54, 1.807) is 36.4 Å². The van der Waals surface area contributed by atoms with Gasteiger partial charge in [-0.15, -0.1) is 0 Å². The predicted molar refractivity (Wildman–Crippen MR) is 96.7 cm³/mol. The Morgan fingerprint density at radius 2 is 1.73 bits per heavy atom. The summed E-state index contributed by atoms with van der Waals surface area (Å²) in [6.07, 6.45) is 0. The van der Waals surface area contributed by atoms with Crippen molar-refractivity contribution < 1.29 is 23.5 Å². The normalized spacial score (nSPS) is 10.7. The fourth-order valence-corrected chi connectivity index (χ4v) is 2.57. The first kappa shape index (κ1) is 17.8. The van der Waals surface area contributed by atoms with Gasteiger partial charge in [-0.2, -0.15) is 0 Å². The van der Waals surface area contributed by atoms with Gasteiger partial charge in [0.15, 0.2) is 5.43 Å². The van der Waals surface area contributed by atoms with E-state index in [0.29, 0.717) is 47.2 Å². The molecule has 0 unspecified atom stereocenters. The van der Waals surface area contributed by atoms with E-state index in [1.807, 2.05) is 0 Å². The Hall–Kier alpha value is -3.03. The van der Waals surface area contributed by atoms with Gasteiger partial charge in [0.25, 0.3) is 0 Å². The second kappa shape index (κ2) is 7.90. The van der Waals surface area contributed by atoms with Crippen LogP contribution in [-0.4, -0.2) is 27.4 Å². The lowest BCUT2D eigenvalue weighted by Gasteiger charge is -2.10. The summed E-state index contributed by atoms with van der Waals surface area (Å²) in [5.41, 5.74) is 0.943. The summed E-state index contributed by atoms with van der Waals surface area (Å²) < 4.78 is 21.9. The second-order valence-electron chi connectivity index (χ2n) is 5.42. The van der Waals surface area contributed by atoms with Crippen LogP contribution in [0.3, 0.4) is 0 Å². The summed E-state index contributed by atoms with van der Waals surface area (Å²) in [5, 5.41) is 0.374. The lowest BCUT2D eigenvalue weighted by molar-refractivity contribution is 0.102. The Morgan fingerprint density at radius 3 is 2.38 bits per heavy atom. The van der Waals surface area contributed by atoms with Gasteiger partial charge in [-0.05, 0) is 24.3 Å². The third kappa shape index (κ3) is 3.63. The van der Waals surface area contributed by atoms with Crippen molar-refractivity contribution in [2.45, 2.75) is 0 Å². The molecule has 7 heteroatoms. The average molecular weight is 357 g/mol. The number of ether oxygens (including phenoxy) is 3. The van der Waals surface area contributed by atoms with Gasteiger partial charge in [0.1, 0.15) is 47.2 Å². The maximum Gasteiger partial charge on any atom is 0.197 e. The SMILES string of the molecule is COc1cc(OC)c2c(=O)cc(-c3ccc(OCCON)cc3)oc2c1. The van der Waals surface area contributed by atoms with Crippen LogP contribution in [0.2, 0.25) is 0 Å². The summed E-state index contributed by atoms with van der Waals surface area (Å²) >= 11 is 0. The van der Waals surface area contributed by atoms with Crippen LogP contribution >= 0.6 is 0 Å². The van der Waals surface area contributed by atoms with Crippen molar-refractivity contribution in [1.29, 1.82) is 0 Å². The molecule has 0 spiro atoms. The van der Waals surface area contributed by atoms with Crippen LogP contribution in [-0.2, 0) is 4.84 Å². The lowest BCUT2D eigenvalue weighted by Crippen LogP contribution is -2.09. The molecule has 3 aromatic rings. The second-order valence-corrected chi connectivity index (χ2v) is 5.42. The Balaban J connectivity index is 1.99. The number of benzene rings is 2. The number of nitrogens with two attached hydrogens (primary N) is 1. The van der Waals surface area contributed by atoms with Crippen LogP contribution < -0.4 is 25.5 Å². The highest BCUT2D eigenvalue weighted by molar-refractivity contribution is 5.86. The highest BCUT2D eigenvalue weighted by Crippen LogP contribution is 2.32. The molecular weight excluding hydrogens is 338 g/mol. The van der Waals surface area contributed by atoms with Crippen LogP contribution in [0.4, 0.5) is 0 Å². The molecule has 1 aromatic heterocycles. The fourth-order valence-electron chi connectivity index (χ4n) is 2.57. The van der Waals surface area contributed by atoms with Crippen molar-refractivity contribution >= 4 is 11.0 Å². The molecule has 3 rings (SSSR count). The molecule has 2 aromatic carbocycles. The molecule has 2 N–H and O–H groups in total. The Kier molecular flexibility index (Phi) is 5.40. The lowest BCUT2D eigenvalue weighted by atomic mass is 10.1. The Bertz CT molecular complexity index is 949. The van der Waals surface area contributed by atoms with Crippen molar-refractivity contribution in [3.8, 4) is 28.6 Å². The summed E-state index contributed by atoms with van der Waals surface area (Å²) in [6.45, 7) is 0.644. The number of rotatable bonds is 7. The van der Waals surface area contributed by atoms with Crippen LogP contribution in [0, 0.1) is 0 Å². The maximum atomic E-state index is 12.6. The van der Waals surface area contributed by atoms with E-state index < -0.39 is 0 Å². The van der Waals surface area contributed by atoms with Gasteiger partial charge in [0.05, 0.1) is 14.2 Å². The van der Waals surface area contributed by atoms with Crippen molar-refractivity contribution in [3.05, 3.63) is 52.7 Å². The van der Waals surface area contributed by atoms with Crippen molar-refractivity contribution in [2.24, 2.45) is 5.90 Å². The molecular formula is C19H19NO6. The smallest absolute Gasteiger partial charge is 0.197 e. The van der Waals surface area contributed by atoms with Crippen molar-refractivity contribution in [3.63, 3.8) is 0 Å². The first-order valence-corrected chi connectivity index (χ1v) is 7.91. The minimum atomic E-state index is -0.193. The monoisotopic (exact) mass is 357 g/mol. The zero-order valence-electron chi connectivity index (χ0n) is 14.5. The quantitative estimate of drug-likeness (QED) is 0.513. The van der Waals surface area contributed by atoms with Gasteiger partial charge in [0, 0.05) is 23.8 Å². The number of hydrogen-bond donors (Lipinski definition) is 1. The van der Waals surface area contributed by atoms with Crippen molar-refractivity contribution in [1.82, 2.24) is 0 Å². The fraction of sp³-hybridized carbons (Fsp3) is 0.211. The molecule has 0 radical (unpaired) electrons. The topological polar surface area (TPSA) is 93.2 Å². The Labute approximate surface area is 149 Å². The van der Waals surface area contributed by atoms with E-state index >= 15 is 0 Å². The molecule has 26 heavy (non-hydrogen) atoms. The molecule has 0 aliphatic carbocycles. The van der Waals surface area contributed by atoms with Crippen LogP contribution in [0.5, 0.6) is 17.2 Å². The molecule has 0 aliphatic heterocycles. The van der Waals surface area contributed by atoms with Gasteiger partial charge in [-0.25, -0.2) is 5.90 Å². The molecule has 7 nitrogen and oxygen atoms in total.